The van der Waals surface area contributed by atoms with Gasteiger partial charge in [-0.15, -0.1) is 0 Å². The number of phenols is 1. The Bertz CT molecular complexity index is 790. The molecule has 3 rings (SSSR count). The SMILES string of the molecule is OCc1cccc(-c2ccnc(Nc3cccc(O)c3)n2)c1. The Morgan fingerprint density at radius 3 is 2.68 bits per heavy atom. The molecule has 0 fully saturated rings. The van der Waals surface area contributed by atoms with Gasteiger partial charge in [-0.2, -0.15) is 0 Å². The van der Waals surface area contributed by atoms with E-state index in [9.17, 15) is 10.2 Å². The molecule has 0 aliphatic carbocycles. The maximum Gasteiger partial charge on any atom is 0.227 e. The van der Waals surface area contributed by atoms with Crippen LogP contribution in [0.25, 0.3) is 11.3 Å². The Morgan fingerprint density at radius 2 is 1.86 bits per heavy atom. The van der Waals surface area contributed by atoms with Gasteiger partial charge in [0, 0.05) is 23.5 Å². The summed E-state index contributed by atoms with van der Waals surface area (Å²) < 4.78 is 0. The molecular weight excluding hydrogens is 278 g/mol. The number of aromatic hydroxyl groups is 1. The van der Waals surface area contributed by atoms with E-state index in [1.165, 1.54) is 0 Å². The lowest BCUT2D eigenvalue weighted by Gasteiger charge is -2.07. The van der Waals surface area contributed by atoms with Crippen molar-refractivity contribution < 1.29 is 10.2 Å². The highest BCUT2D eigenvalue weighted by atomic mass is 16.3. The normalized spacial score (nSPS) is 10.4. The molecule has 1 aromatic heterocycles. The Hall–Kier alpha value is -2.92. The van der Waals surface area contributed by atoms with E-state index >= 15 is 0 Å². The predicted molar refractivity (Wildman–Crippen MR) is 84.8 cm³/mol. The van der Waals surface area contributed by atoms with E-state index in [0.29, 0.717) is 11.6 Å². The van der Waals surface area contributed by atoms with Gasteiger partial charge < -0.3 is 15.5 Å². The summed E-state index contributed by atoms with van der Waals surface area (Å²) in [4.78, 5) is 8.64. The quantitative estimate of drug-likeness (QED) is 0.689. The first-order chi connectivity index (χ1) is 10.7. The number of aliphatic hydroxyl groups excluding tert-OH is 1. The van der Waals surface area contributed by atoms with E-state index in [-0.39, 0.29) is 12.4 Å². The molecule has 5 heteroatoms. The molecule has 0 saturated heterocycles. The average Bonchev–Trinajstić information content (AvgIpc) is 2.55. The number of rotatable bonds is 4. The highest BCUT2D eigenvalue weighted by Crippen LogP contribution is 2.22. The number of nitrogens with zero attached hydrogens (tertiary/aromatic N) is 2. The van der Waals surface area contributed by atoms with Crippen LogP contribution in [0, 0.1) is 0 Å². The topological polar surface area (TPSA) is 78.3 Å². The van der Waals surface area contributed by atoms with Gasteiger partial charge >= 0.3 is 0 Å². The van der Waals surface area contributed by atoms with Crippen LogP contribution >= 0.6 is 0 Å². The molecule has 1 heterocycles. The molecule has 0 aliphatic heterocycles. The third-order valence-electron chi connectivity index (χ3n) is 3.16. The third kappa shape index (κ3) is 3.21. The number of nitrogens with one attached hydrogen (secondary N) is 1. The minimum absolute atomic E-state index is 0.00662. The van der Waals surface area contributed by atoms with Gasteiger partial charge in [0.25, 0.3) is 0 Å². The summed E-state index contributed by atoms with van der Waals surface area (Å²) >= 11 is 0. The number of aliphatic hydroxyl groups is 1. The molecule has 5 nitrogen and oxygen atoms in total. The molecule has 0 radical (unpaired) electrons. The van der Waals surface area contributed by atoms with Crippen LogP contribution in [0.4, 0.5) is 11.6 Å². The first-order valence-electron chi connectivity index (χ1n) is 6.84. The molecule has 0 saturated carbocycles. The lowest BCUT2D eigenvalue weighted by molar-refractivity contribution is 0.282. The van der Waals surface area contributed by atoms with Crippen LogP contribution in [0.15, 0.2) is 60.8 Å². The Labute approximate surface area is 127 Å². The van der Waals surface area contributed by atoms with Crippen molar-refractivity contribution in [2.24, 2.45) is 0 Å². The van der Waals surface area contributed by atoms with E-state index < -0.39 is 0 Å². The number of hydrogen-bond acceptors (Lipinski definition) is 5. The van der Waals surface area contributed by atoms with Gasteiger partial charge in [-0.25, -0.2) is 9.97 Å². The highest BCUT2D eigenvalue weighted by Gasteiger charge is 2.04. The standard InChI is InChI=1S/C17H15N3O2/c21-11-12-3-1-4-13(9-12)16-7-8-18-17(20-16)19-14-5-2-6-15(22)10-14/h1-10,21-22H,11H2,(H,18,19,20). The summed E-state index contributed by atoms with van der Waals surface area (Å²) in [5, 5.41) is 21.7. The van der Waals surface area contributed by atoms with Crippen molar-refractivity contribution in [2.75, 3.05) is 5.32 Å². The van der Waals surface area contributed by atoms with Crippen molar-refractivity contribution >= 4 is 11.6 Å². The largest absolute Gasteiger partial charge is 0.508 e. The molecule has 0 aliphatic rings. The first-order valence-corrected chi connectivity index (χ1v) is 6.84. The molecule has 0 unspecified atom stereocenters. The van der Waals surface area contributed by atoms with E-state index in [0.717, 1.165) is 16.8 Å². The predicted octanol–water partition coefficient (Wildman–Crippen LogP) is 3.09. The summed E-state index contributed by atoms with van der Waals surface area (Å²) in [5.41, 5.74) is 3.21. The fraction of sp³-hybridized carbons (Fsp3) is 0.0588. The van der Waals surface area contributed by atoms with Crippen LogP contribution in [0.1, 0.15) is 5.56 Å². The second-order valence-corrected chi connectivity index (χ2v) is 4.80. The zero-order chi connectivity index (χ0) is 15.4. The van der Waals surface area contributed by atoms with Crippen LogP contribution in [0.3, 0.4) is 0 Å². The van der Waals surface area contributed by atoms with Crippen LogP contribution < -0.4 is 5.32 Å². The van der Waals surface area contributed by atoms with E-state index in [4.69, 9.17) is 0 Å². The van der Waals surface area contributed by atoms with E-state index in [2.05, 4.69) is 15.3 Å². The average molecular weight is 293 g/mol. The van der Waals surface area contributed by atoms with Gasteiger partial charge in [0.05, 0.1) is 12.3 Å². The van der Waals surface area contributed by atoms with Crippen molar-refractivity contribution in [3.63, 3.8) is 0 Å². The fourth-order valence-corrected chi connectivity index (χ4v) is 2.12. The van der Waals surface area contributed by atoms with Crippen LogP contribution in [-0.2, 0) is 6.61 Å². The maximum absolute atomic E-state index is 9.48. The number of anilines is 2. The molecular formula is C17H15N3O2. The second kappa shape index (κ2) is 6.24. The number of phenolic OH excluding ortho intramolecular Hbond substituents is 1. The smallest absolute Gasteiger partial charge is 0.227 e. The highest BCUT2D eigenvalue weighted by molar-refractivity contribution is 5.63. The molecule has 22 heavy (non-hydrogen) atoms. The summed E-state index contributed by atoms with van der Waals surface area (Å²) in [6, 6.07) is 16.1. The Kier molecular flexibility index (Phi) is 3.98. The summed E-state index contributed by atoms with van der Waals surface area (Å²) in [6.45, 7) is -0.00662. The Balaban J connectivity index is 1.89. The van der Waals surface area contributed by atoms with Gasteiger partial charge in [0.2, 0.25) is 5.95 Å². The van der Waals surface area contributed by atoms with E-state index in [1.807, 2.05) is 36.4 Å². The minimum atomic E-state index is -0.00662. The lowest BCUT2D eigenvalue weighted by atomic mass is 10.1. The number of benzene rings is 2. The third-order valence-corrected chi connectivity index (χ3v) is 3.16. The van der Waals surface area contributed by atoms with Gasteiger partial charge in [0.15, 0.2) is 0 Å². The number of aromatic nitrogens is 2. The summed E-state index contributed by atoms with van der Waals surface area (Å²) in [5.74, 6) is 0.620. The molecule has 110 valence electrons. The van der Waals surface area contributed by atoms with Crippen molar-refractivity contribution in [3.8, 4) is 17.0 Å². The maximum atomic E-state index is 9.48. The summed E-state index contributed by atoms with van der Waals surface area (Å²) in [7, 11) is 0. The van der Waals surface area contributed by atoms with Gasteiger partial charge in [-0.1, -0.05) is 24.3 Å². The van der Waals surface area contributed by atoms with Gasteiger partial charge in [-0.05, 0) is 29.8 Å². The van der Waals surface area contributed by atoms with Gasteiger partial charge in [0.1, 0.15) is 5.75 Å². The second-order valence-electron chi connectivity index (χ2n) is 4.80. The molecule has 0 atom stereocenters. The fourth-order valence-electron chi connectivity index (χ4n) is 2.12. The van der Waals surface area contributed by atoms with Crippen molar-refractivity contribution in [1.82, 2.24) is 9.97 Å². The Morgan fingerprint density at radius 1 is 1.00 bits per heavy atom. The van der Waals surface area contributed by atoms with Gasteiger partial charge in [-0.3, -0.25) is 0 Å². The van der Waals surface area contributed by atoms with Crippen molar-refractivity contribution in [2.45, 2.75) is 6.61 Å². The van der Waals surface area contributed by atoms with E-state index in [1.54, 1.807) is 24.4 Å². The van der Waals surface area contributed by atoms with Crippen molar-refractivity contribution in [1.29, 1.82) is 0 Å². The minimum Gasteiger partial charge on any atom is -0.508 e. The van der Waals surface area contributed by atoms with Crippen LogP contribution in [0.5, 0.6) is 5.75 Å². The molecule has 0 bridgehead atoms. The van der Waals surface area contributed by atoms with Crippen LogP contribution in [-0.4, -0.2) is 20.2 Å². The van der Waals surface area contributed by atoms with Crippen molar-refractivity contribution in [3.05, 3.63) is 66.4 Å². The molecule has 2 aromatic carbocycles. The van der Waals surface area contributed by atoms with Crippen LogP contribution in [0.2, 0.25) is 0 Å². The zero-order valence-corrected chi connectivity index (χ0v) is 11.8. The molecule has 0 spiro atoms. The molecule has 3 N–H and O–H groups in total. The molecule has 0 amide bonds. The lowest BCUT2D eigenvalue weighted by Crippen LogP contribution is -1.98. The zero-order valence-electron chi connectivity index (χ0n) is 11.8. The number of hydrogen-bond donors (Lipinski definition) is 3. The molecule has 3 aromatic rings. The monoisotopic (exact) mass is 293 g/mol. The first kappa shape index (κ1) is 14.0. The summed E-state index contributed by atoms with van der Waals surface area (Å²) in [6.07, 6.45) is 1.67.